The molecule has 0 aliphatic carbocycles. The third-order valence-corrected chi connectivity index (χ3v) is 4.46. The minimum atomic E-state index is 0.128. The highest BCUT2D eigenvalue weighted by Crippen LogP contribution is 2.35. The molecule has 0 fully saturated rings. The molecule has 0 aliphatic heterocycles. The number of ether oxygens (including phenoxy) is 1. The molecule has 2 aromatic rings. The maximum atomic E-state index is 9.22. The lowest BCUT2D eigenvalue weighted by Gasteiger charge is -2.23. The van der Waals surface area contributed by atoms with E-state index in [4.69, 9.17) is 16.2 Å². The van der Waals surface area contributed by atoms with Gasteiger partial charge in [0.15, 0.2) is 0 Å². The van der Waals surface area contributed by atoms with Crippen LogP contribution in [0.1, 0.15) is 30.5 Å². The van der Waals surface area contributed by atoms with Gasteiger partial charge < -0.3 is 26.2 Å². The molecule has 2 aromatic carbocycles. The van der Waals surface area contributed by atoms with Gasteiger partial charge in [-0.05, 0) is 61.7 Å². The highest BCUT2D eigenvalue weighted by molar-refractivity contribution is 5.88. The fourth-order valence-corrected chi connectivity index (χ4v) is 3.07. The molecule has 0 radical (unpaired) electrons. The van der Waals surface area contributed by atoms with Crippen LogP contribution < -0.4 is 21.1 Å². The molecule has 0 saturated heterocycles. The predicted octanol–water partition coefficient (Wildman–Crippen LogP) is 3.44. The van der Waals surface area contributed by atoms with E-state index in [0.29, 0.717) is 30.3 Å². The van der Waals surface area contributed by atoms with Crippen LogP contribution in [0.4, 0.5) is 17.1 Å². The molecule has 0 unspecified atom stereocenters. The van der Waals surface area contributed by atoms with Gasteiger partial charge in [0.25, 0.3) is 0 Å². The van der Waals surface area contributed by atoms with Crippen LogP contribution in [0, 0.1) is 6.92 Å². The zero-order valence-electron chi connectivity index (χ0n) is 15.9. The number of nitrogens with two attached hydrogens (primary N) is 2. The first-order chi connectivity index (χ1) is 12.4. The summed E-state index contributed by atoms with van der Waals surface area (Å²) >= 11 is 0. The highest BCUT2D eigenvalue weighted by Gasteiger charge is 2.14. The standard InChI is InChI=1S/C21H29N3O2/c1-5-24(9-10-25)16-7-8-17(14(3)11-16)15(4)18-12-21(26-6-2)20(23)13-19(18)22/h7-8,11-13,25H,4-6,9-10,22-23H2,1-3H3. The number of benzene rings is 2. The first-order valence-electron chi connectivity index (χ1n) is 8.90. The average molecular weight is 355 g/mol. The molecule has 2 rings (SSSR count). The number of aliphatic hydroxyl groups excluding tert-OH is 1. The van der Waals surface area contributed by atoms with Crippen molar-refractivity contribution in [3.63, 3.8) is 0 Å². The molecule has 26 heavy (non-hydrogen) atoms. The van der Waals surface area contributed by atoms with Crippen LogP contribution in [0.5, 0.6) is 5.75 Å². The van der Waals surface area contributed by atoms with Crippen molar-refractivity contribution < 1.29 is 9.84 Å². The Morgan fingerprint density at radius 3 is 2.42 bits per heavy atom. The smallest absolute Gasteiger partial charge is 0.142 e. The lowest BCUT2D eigenvalue weighted by atomic mass is 9.93. The summed E-state index contributed by atoms with van der Waals surface area (Å²) in [7, 11) is 0. The van der Waals surface area contributed by atoms with Gasteiger partial charge in [-0.1, -0.05) is 12.6 Å². The second-order valence-corrected chi connectivity index (χ2v) is 6.19. The SMILES string of the molecule is C=C(c1ccc(N(CC)CCO)cc1C)c1cc(OCC)c(N)cc1N. The van der Waals surface area contributed by atoms with Crippen molar-refractivity contribution >= 4 is 22.6 Å². The predicted molar refractivity (Wildman–Crippen MR) is 111 cm³/mol. The van der Waals surface area contributed by atoms with E-state index in [2.05, 4.69) is 24.5 Å². The average Bonchev–Trinajstić information content (AvgIpc) is 2.61. The Morgan fingerprint density at radius 1 is 1.12 bits per heavy atom. The molecule has 5 nitrogen and oxygen atoms in total. The van der Waals surface area contributed by atoms with E-state index in [0.717, 1.165) is 34.5 Å². The third-order valence-electron chi connectivity index (χ3n) is 4.46. The van der Waals surface area contributed by atoms with Gasteiger partial charge in [0.2, 0.25) is 0 Å². The van der Waals surface area contributed by atoms with Crippen LogP contribution in [0.15, 0.2) is 36.9 Å². The van der Waals surface area contributed by atoms with E-state index in [1.165, 1.54) is 0 Å². The number of rotatable bonds is 8. The zero-order valence-corrected chi connectivity index (χ0v) is 15.9. The van der Waals surface area contributed by atoms with Gasteiger partial charge in [-0.25, -0.2) is 0 Å². The maximum absolute atomic E-state index is 9.22. The lowest BCUT2D eigenvalue weighted by Crippen LogP contribution is -2.26. The van der Waals surface area contributed by atoms with Gasteiger partial charge in [-0.15, -0.1) is 0 Å². The maximum Gasteiger partial charge on any atom is 0.142 e. The summed E-state index contributed by atoms with van der Waals surface area (Å²) in [5.41, 5.74) is 18.1. The number of aryl methyl sites for hydroxylation is 1. The first-order valence-corrected chi connectivity index (χ1v) is 8.90. The van der Waals surface area contributed by atoms with Gasteiger partial charge in [0, 0.05) is 30.0 Å². The van der Waals surface area contributed by atoms with Crippen LogP contribution in [-0.2, 0) is 0 Å². The van der Waals surface area contributed by atoms with E-state index in [9.17, 15) is 5.11 Å². The summed E-state index contributed by atoms with van der Waals surface area (Å²) in [6, 6.07) is 9.77. The van der Waals surface area contributed by atoms with Crippen molar-refractivity contribution in [2.45, 2.75) is 20.8 Å². The first kappa shape index (κ1) is 19.7. The van der Waals surface area contributed by atoms with Crippen LogP contribution in [0.25, 0.3) is 5.57 Å². The van der Waals surface area contributed by atoms with Crippen molar-refractivity contribution in [3.8, 4) is 5.75 Å². The van der Waals surface area contributed by atoms with Gasteiger partial charge in [0.1, 0.15) is 5.75 Å². The number of hydrogen-bond donors (Lipinski definition) is 3. The number of aliphatic hydroxyl groups is 1. The summed E-state index contributed by atoms with van der Waals surface area (Å²) in [6.45, 7) is 12.4. The molecule has 0 bridgehead atoms. The second kappa shape index (κ2) is 8.63. The summed E-state index contributed by atoms with van der Waals surface area (Å²) < 4.78 is 5.59. The van der Waals surface area contributed by atoms with Crippen LogP contribution in [0.2, 0.25) is 0 Å². The molecule has 0 spiro atoms. The van der Waals surface area contributed by atoms with E-state index in [1.54, 1.807) is 6.07 Å². The Kier molecular flexibility index (Phi) is 6.52. The number of likely N-dealkylation sites (N-methyl/N-ethyl adjacent to an activating group) is 1. The Morgan fingerprint density at radius 2 is 1.85 bits per heavy atom. The van der Waals surface area contributed by atoms with Crippen molar-refractivity contribution in [2.24, 2.45) is 0 Å². The van der Waals surface area contributed by atoms with Crippen LogP contribution in [-0.4, -0.2) is 31.4 Å². The summed E-state index contributed by atoms with van der Waals surface area (Å²) in [5.74, 6) is 0.618. The molecule has 0 atom stereocenters. The third kappa shape index (κ3) is 4.11. The Labute approximate surface area is 155 Å². The molecular formula is C21H29N3O2. The topological polar surface area (TPSA) is 84.7 Å². The molecular weight excluding hydrogens is 326 g/mol. The normalized spacial score (nSPS) is 10.6. The molecule has 5 N–H and O–H groups in total. The van der Waals surface area contributed by atoms with Crippen LogP contribution in [0.3, 0.4) is 0 Å². The number of hydrogen-bond acceptors (Lipinski definition) is 5. The molecule has 5 heteroatoms. The summed E-state index contributed by atoms with van der Waals surface area (Å²) in [5, 5.41) is 9.22. The monoisotopic (exact) mass is 355 g/mol. The van der Waals surface area contributed by atoms with Crippen molar-refractivity contribution in [2.75, 3.05) is 42.7 Å². The molecule has 0 aliphatic rings. The van der Waals surface area contributed by atoms with Gasteiger partial charge in [0.05, 0.1) is 18.9 Å². The van der Waals surface area contributed by atoms with E-state index in [1.807, 2.05) is 32.0 Å². The lowest BCUT2D eigenvalue weighted by molar-refractivity contribution is 0.302. The largest absolute Gasteiger partial charge is 0.492 e. The van der Waals surface area contributed by atoms with Gasteiger partial charge in [-0.3, -0.25) is 0 Å². The van der Waals surface area contributed by atoms with E-state index < -0.39 is 0 Å². The minimum absolute atomic E-state index is 0.128. The Balaban J connectivity index is 2.40. The second-order valence-electron chi connectivity index (χ2n) is 6.19. The summed E-state index contributed by atoms with van der Waals surface area (Å²) in [6.07, 6.45) is 0. The van der Waals surface area contributed by atoms with Crippen molar-refractivity contribution in [1.82, 2.24) is 0 Å². The van der Waals surface area contributed by atoms with Crippen molar-refractivity contribution in [1.29, 1.82) is 0 Å². The molecule has 0 saturated carbocycles. The van der Waals surface area contributed by atoms with E-state index >= 15 is 0 Å². The quantitative estimate of drug-likeness (QED) is 0.632. The van der Waals surface area contributed by atoms with Crippen molar-refractivity contribution in [3.05, 3.63) is 53.6 Å². The fraction of sp³-hybridized carbons (Fsp3) is 0.333. The Hall–Kier alpha value is -2.66. The number of anilines is 3. The molecule has 0 aromatic heterocycles. The van der Waals surface area contributed by atoms with Crippen LogP contribution >= 0.6 is 0 Å². The molecule has 0 heterocycles. The zero-order chi connectivity index (χ0) is 19.3. The fourth-order valence-electron chi connectivity index (χ4n) is 3.07. The van der Waals surface area contributed by atoms with Gasteiger partial charge in [-0.2, -0.15) is 0 Å². The summed E-state index contributed by atoms with van der Waals surface area (Å²) in [4.78, 5) is 2.13. The molecule has 0 amide bonds. The minimum Gasteiger partial charge on any atom is -0.492 e. The Bertz CT molecular complexity index is 787. The highest BCUT2D eigenvalue weighted by atomic mass is 16.5. The number of nitrogen functional groups attached to an aromatic ring is 2. The van der Waals surface area contributed by atoms with Gasteiger partial charge >= 0.3 is 0 Å². The molecule has 140 valence electrons. The number of nitrogens with zero attached hydrogens (tertiary/aromatic N) is 1. The van der Waals surface area contributed by atoms with E-state index in [-0.39, 0.29) is 6.61 Å².